The second-order valence-electron chi connectivity index (χ2n) is 7.41. The first-order valence-corrected chi connectivity index (χ1v) is 9.54. The predicted octanol–water partition coefficient (Wildman–Crippen LogP) is 2.96. The fourth-order valence-electron chi connectivity index (χ4n) is 3.76. The summed E-state index contributed by atoms with van der Waals surface area (Å²) < 4.78 is 4.50. The van der Waals surface area contributed by atoms with Gasteiger partial charge in [-0.2, -0.15) is 0 Å². The number of amides is 1. The monoisotopic (exact) mass is 402 g/mol. The molecule has 0 saturated heterocycles. The van der Waals surface area contributed by atoms with Crippen LogP contribution in [0.5, 0.6) is 0 Å². The maximum Gasteiger partial charge on any atom is 0.330 e. The van der Waals surface area contributed by atoms with Crippen molar-refractivity contribution in [2.45, 2.75) is 13.8 Å². The molecule has 30 heavy (non-hydrogen) atoms. The van der Waals surface area contributed by atoms with Crippen molar-refractivity contribution in [3.63, 3.8) is 0 Å². The van der Waals surface area contributed by atoms with E-state index in [9.17, 15) is 14.4 Å². The van der Waals surface area contributed by atoms with Crippen molar-refractivity contribution in [3.05, 3.63) is 81.1 Å². The number of rotatable bonds is 3. The average Bonchev–Trinajstić information content (AvgIpc) is 3.11. The summed E-state index contributed by atoms with van der Waals surface area (Å²) in [5.74, 6) is -0.167. The Morgan fingerprint density at radius 1 is 0.967 bits per heavy atom. The van der Waals surface area contributed by atoms with Crippen LogP contribution in [0.2, 0.25) is 0 Å². The van der Waals surface area contributed by atoms with Gasteiger partial charge in [-0.3, -0.25) is 18.7 Å². The number of fused-ring (bicyclic) bond motifs is 1. The molecule has 0 aliphatic rings. The Morgan fingerprint density at radius 3 is 2.40 bits per heavy atom. The summed E-state index contributed by atoms with van der Waals surface area (Å²) in [6.07, 6.45) is 1.79. The maximum absolute atomic E-state index is 13.1. The number of hydrogen-bond acceptors (Lipinski definition) is 3. The van der Waals surface area contributed by atoms with E-state index in [0.29, 0.717) is 22.3 Å². The van der Waals surface area contributed by atoms with Gasteiger partial charge in [-0.05, 0) is 36.8 Å². The maximum atomic E-state index is 13.1. The van der Waals surface area contributed by atoms with Crippen molar-refractivity contribution in [1.82, 2.24) is 13.7 Å². The largest absolute Gasteiger partial charge is 0.330 e. The molecule has 152 valence electrons. The van der Waals surface area contributed by atoms with Crippen LogP contribution in [-0.4, -0.2) is 19.6 Å². The average molecular weight is 402 g/mol. The summed E-state index contributed by atoms with van der Waals surface area (Å²) in [5.41, 5.74) is 3.86. The molecule has 0 spiro atoms. The van der Waals surface area contributed by atoms with Crippen LogP contribution < -0.4 is 16.6 Å². The first-order chi connectivity index (χ1) is 14.3. The van der Waals surface area contributed by atoms with Gasteiger partial charge in [-0.25, -0.2) is 4.79 Å². The van der Waals surface area contributed by atoms with Gasteiger partial charge >= 0.3 is 5.69 Å². The predicted molar refractivity (Wildman–Crippen MR) is 118 cm³/mol. The fraction of sp³-hybridized carbons (Fsp3) is 0.174. The summed E-state index contributed by atoms with van der Waals surface area (Å²) >= 11 is 0. The molecular formula is C23H22N4O3. The number of anilines is 1. The SMILES string of the molecule is CC(=O)Nc1cccc(-n2cc3c(c2-c2cccc(C)c2)c(=O)n(C)c(=O)n3C)c1. The number of benzene rings is 2. The molecule has 4 rings (SSSR count). The van der Waals surface area contributed by atoms with Gasteiger partial charge in [0.05, 0.1) is 16.6 Å². The minimum Gasteiger partial charge on any atom is -0.326 e. The Labute approximate surface area is 172 Å². The Morgan fingerprint density at radius 2 is 1.70 bits per heavy atom. The summed E-state index contributed by atoms with van der Waals surface area (Å²) in [6, 6.07) is 15.2. The molecule has 0 fully saturated rings. The quantitative estimate of drug-likeness (QED) is 0.572. The number of aryl methyl sites for hydroxylation is 2. The Bertz CT molecular complexity index is 1420. The highest BCUT2D eigenvalue weighted by Gasteiger charge is 2.20. The number of aromatic nitrogens is 3. The van der Waals surface area contributed by atoms with Crippen LogP contribution in [0.3, 0.4) is 0 Å². The van der Waals surface area contributed by atoms with E-state index in [1.54, 1.807) is 19.3 Å². The van der Waals surface area contributed by atoms with Gasteiger partial charge in [0.2, 0.25) is 5.91 Å². The Kier molecular flexibility index (Phi) is 4.66. The van der Waals surface area contributed by atoms with Crippen molar-refractivity contribution in [2.75, 3.05) is 5.32 Å². The Balaban J connectivity index is 2.13. The molecule has 1 N–H and O–H groups in total. The Hall–Kier alpha value is -3.87. The molecule has 0 unspecified atom stereocenters. The second kappa shape index (κ2) is 7.18. The van der Waals surface area contributed by atoms with Crippen LogP contribution in [0.15, 0.2) is 64.3 Å². The third-order valence-electron chi connectivity index (χ3n) is 5.18. The van der Waals surface area contributed by atoms with E-state index in [-0.39, 0.29) is 17.2 Å². The number of carbonyl (C=O) groups excluding carboxylic acids is 1. The van der Waals surface area contributed by atoms with Crippen LogP contribution in [0.4, 0.5) is 5.69 Å². The fourth-order valence-corrected chi connectivity index (χ4v) is 3.76. The first kappa shape index (κ1) is 19.4. The minimum absolute atomic E-state index is 0.167. The standard InChI is InChI=1S/C23H22N4O3/c1-14-7-5-8-16(11-14)21-20-19(25(3)23(30)26(4)22(20)29)13-27(21)18-10-6-9-17(12-18)24-15(2)28/h5-13H,1-4H3,(H,24,28). The van der Waals surface area contributed by atoms with E-state index in [4.69, 9.17) is 0 Å². The highest BCUT2D eigenvalue weighted by Crippen LogP contribution is 2.32. The van der Waals surface area contributed by atoms with Crippen molar-refractivity contribution in [1.29, 1.82) is 0 Å². The molecule has 0 saturated carbocycles. The smallest absolute Gasteiger partial charge is 0.326 e. The van der Waals surface area contributed by atoms with Crippen LogP contribution in [-0.2, 0) is 18.9 Å². The van der Waals surface area contributed by atoms with E-state index < -0.39 is 0 Å². The number of nitrogens with zero attached hydrogens (tertiary/aromatic N) is 3. The van der Waals surface area contributed by atoms with E-state index in [1.165, 1.54) is 18.5 Å². The van der Waals surface area contributed by atoms with Gasteiger partial charge in [0.25, 0.3) is 5.56 Å². The van der Waals surface area contributed by atoms with Crippen molar-refractivity contribution >= 4 is 22.5 Å². The number of carbonyl (C=O) groups is 1. The normalized spacial score (nSPS) is 11.1. The molecule has 2 aromatic carbocycles. The minimum atomic E-state index is -0.382. The summed E-state index contributed by atoms with van der Waals surface area (Å²) in [6.45, 7) is 3.44. The molecule has 1 amide bonds. The van der Waals surface area contributed by atoms with Gasteiger partial charge in [0.15, 0.2) is 0 Å². The summed E-state index contributed by atoms with van der Waals surface area (Å²) in [4.78, 5) is 37.1. The number of hydrogen-bond donors (Lipinski definition) is 1. The molecule has 7 nitrogen and oxygen atoms in total. The summed E-state index contributed by atoms with van der Waals surface area (Å²) in [7, 11) is 3.14. The molecular weight excluding hydrogens is 380 g/mol. The lowest BCUT2D eigenvalue weighted by Crippen LogP contribution is -2.36. The molecule has 0 aliphatic heterocycles. The molecule has 0 bridgehead atoms. The van der Waals surface area contributed by atoms with E-state index in [2.05, 4.69) is 5.32 Å². The van der Waals surface area contributed by atoms with Gasteiger partial charge in [0, 0.05) is 38.6 Å². The van der Waals surface area contributed by atoms with Gasteiger partial charge < -0.3 is 9.88 Å². The van der Waals surface area contributed by atoms with Crippen LogP contribution >= 0.6 is 0 Å². The highest BCUT2D eigenvalue weighted by molar-refractivity contribution is 5.95. The van der Waals surface area contributed by atoms with E-state index in [1.807, 2.05) is 54.0 Å². The topological polar surface area (TPSA) is 78.0 Å². The van der Waals surface area contributed by atoms with Crippen molar-refractivity contribution < 1.29 is 4.79 Å². The second-order valence-corrected chi connectivity index (χ2v) is 7.41. The highest BCUT2D eigenvalue weighted by atomic mass is 16.2. The lowest BCUT2D eigenvalue weighted by molar-refractivity contribution is -0.114. The zero-order chi connectivity index (χ0) is 21.6. The zero-order valence-electron chi connectivity index (χ0n) is 17.3. The molecule has 2 heterocycles. The third-order valence-corrected chi connectivity index (χ3v) is 5.18. The lowest BCUT2D eigenvalue weighted by atomic mass is 10.1. The van der Waals surface area contributed by atoms with Crippen molar-refractivity contribution in [3.8, 4) is 16.9 Å². The van der Waals surface area contributed by atoms with Crippen LogP contribution in [0.1, 0.15) is 12.5 Å². The van der Waals surface area contributed by atoms with E-state index >= 15 is 0 Å². The van der Waals surface area contributed by atoms with Gasteiger partial charge in [-0.1, -0.05) is 29.8 Å². The summed E-state index contributed by atoms with van der Waals surface area (Å²) in [5, 5.41) is 3.25. The number of nitrogens with one attached hydrogen (secondary N) is 1. The van der Waals surface area contributed by atoms with Crippen LogP contribution in [0, 0.1) is 6.92 Å². The molecule has 7 heteroatoms. The van der Waals surface area contributed by atoms with Crippen molar-refractivity contribution in [2.24, 2.45) is 14.1 Å². The van der Waals surface area contributed by atoms with Gasteiger partial charge in [0.1, 0.15) is 0 Å². The van der Waals surface area contributed by atoms with Crippen LogP contribution in [0.25, 0.3) is 27.8 Å². The molecule has 0 radical (unpaired) electrons. The van der Waals surface area contributed by atoms with E-state index in [0.717, 1.165) is 21.4 Å². The molecule has 2 aromatic heterocycles. The molecule has 0 aliphatic carbocycles. The molecule has 4 aromatic rings. The third kappa shape index (κ3) is 3.14. The zero-order valence-corrected chi connectivity index (χ0v) is 17.3. The first-order valence-electron chi connectivity index (χ1n) is 9.54. The molecule has 0 atom stereocenters. The lowest BCUT2D eigenvalue weighted by Gasteiger charge is -2.12. The van der Waals surface area contributed by atoms with Gasteiger partial charge in [-0.15, -0.1) is 0 Å².